The van der Waals surface area contributed by atoms with Gasteiger partial charge in [-0.3, -0.25) is 4.68 Å². The molecule has 4 rings (SSSR count). The Kier molecular flexibility index (Phi) is 7.00. The summed E-state index contributed by atoms with van der Waals surface area (Å²) in [7, 11) is -5.68. The zero-order valence-electron chi connectivity index (χ0n) is 19.1. The Morgan fingerprint density at radius 1 is 1.12 bits per heavy atom. The molecular formula is C21H27ClN7O3PS. The van der Waals surface area contributed by atoms with E-state index in [0.29, 0.717) is 59.4 Å². The Morgan fingerprint density at radius 3 is 2.50 bits per heavy atom. The standard InChI is InChI=1S/C21H27ClN7O3PS/c1-33(2,30)19-7-5-4-6-18(19)26-20-17(22)13-23-21(27-20)25-15-12-24-29(14-15)16-8-10-28(11-9-16)34(3,31)32/h4-7,12-14,16H,8-11H2,1-3H3,(H2,23,25,26,27). The van der Waals surface area contributed by atoms with Gasteiger partial charge in [0.15, 0.2) is 5.82 Å². The summed E-state index contributed by atoms with van der Waals surface area (Å²) >= 11 is 6.32. The van der Waals surface area contributed by atoms with Crippen LogP contribution in [-0.2, 0) is 14.6 Å². The van der Waals surface area contributed by atoms with E-state index in [0.717, 1.165) is 0 Å². The first-order valence-electron chi connectivity index (χ1n) is 10.7. The van der Waals surface area contributed by atoms with Gasteiger partial charge in [-0.1, -0.05) is 23.7 Å². The highest BCUT2D eigenvalue weighted by Crippen LogP contribution is 2.38. The highest BCUT2D eigenvalue weighted by atomic mass is 35.5. The van der Waals surface area contributed by atoms with Gasteiger partial charge in [0.2, 0.25) is 16.0 Å². The van der Waals surface area contributed by atoms with Crippen LogP contribution in [0.3, 0.4) is 0 Å². The second-order valence-corrected chi connectivity index (χ2v) is 14.2. The van der Waals surface area contributed by atoms with Crippen molar-refractivity contribution in [3.63, 3.8) is 0 Å². The summed E-state index contributed by atoms with van der Waals surface area (Å²) in [5, 5.41) is 11.8. The maximum atomic E-state index is 12.7. The van der Waals surface area contributed by atoms with E-state index in [9.17, 15) is 13.0 Å². The number of hydrogen-bond donors (Lipinski definition) is 2. The molecule has 0 aliphatic carbocycles. The van der Waals surface area contributed by atoms with E-state index < -0.39 is 17.2 Å². The zero-order chi connectivity index (χ0) is 24.5. The van der Waals surface area contributed by atoms with E-state index in [2.05, 4.69) is 25.7 Å². The Balaban J connectivity index is 1.47. The van der Waals surface area contributed by atoms with Crippen molar-refractivity contribution in [1.82, 2.24) is 24.1 Å². The molecule has 0 unspecified atom stereocenters. The fraction of sp³-hybridized carbons (Fsp3) is 0.381. The largest absolute Gasteiger partial charge is 0.338 e. The third kappa shape index (κ3) is 5.78. The summed E-state index contributed by atoms with van der Waals surface area (Å²) in [5.74, 6) is 0.715. The Bertz CT molecular complexity index is 1330. The fourth-order valence-electron chi connectivity index (χ4n) is 3.86. The number of para-hydroxylation sites is 1. The lowest BCUT2D eigenvalue weighted by Crippen LogP contribution is -2.38. The Hall–Kier alpha value is -2.46. The number of rotatable bonds is 7. The molecule has 1 aromatic carbocycles. The molecule has 0 spiro atoms. The monoisotopic (exact) mass is 523 g/mol. The Morgan fingerprint density at radius 2 is 1.82 bits per heavy atom. The van der Waals surface area contributed by atoms with E-state index in [1.54, 1.807) is 19.5 Å². The number of nitrogens with one attached hydrogen (secondary N) is 2. The van der Waals surface area contributed by atoms with Crippen LogP contribution in [0.4, 0.5) is 23.1 Å². The molecule has 1 aliphatic heterocycles. The fourth-order valence-corrected chi connectivity index (χ4v) is 6.03. The highest BCUT2D eigenvalue weighted by molar-refractivity contribution is 7.88. The lowest BCUT2D eigenvalue weighted by Gasteiger charge is -2.30. The van der Waals surface area contributed by atoms with E-state index in [1.807, 2.05) is 35.1 Å². The van der Waals surface area contributed by atoms with Crippen LogP contribution in [0.15, 0.2) is 42.9 Å². The minimum atomic E-state index is -3.17. The summed E-state index contributed by atoms with van der Waals surface area (Å²) in [6.07, 6.45) is 7.64. The number of halogens is 1. The molecule has 3 heterocycles. The summed E-state index contributed by atoms with van der Waals surface area (Å²) in [5.41, 5.74) is 1.38. The summed E-state index contributed by atoms with van der Waals surface area (Å²) in [4.78, 5) is 8.73. The summed E-state index contributed by atoms with van der Waals surface area (Å²) in [6, 6.07) is 7.47. The van der Waals surface area contributed by atoms with Gasteiger partial charge < -0.3 is 15.2 Å². The molecule has 0 saturated carbocycles. The third-order valence-electron chi connectivity index (χ3n) is 5.61. The van der Waals surface area contributed by atoms with E-state index in [4.69, 9.17) is 11.6 Å². The number of nitrogens with zero attached hydrogens (tertiary/aromatic N) is 5. The molecule has 0 amide bonds. The summed E-state index contributed by atoms with van der Waals surface area (Å²) in [6.45, 7) is 4.38. The van der Waals surface area contributed by atoms with Crippen molar-refractivity contribution in [3.8, 4) is 0 Å². The lowest BCUT2D eigenvalue weighted by molar-refractivity contribution is 0.262. The summed E-state index contributed by atoms with van der Waals surface area (Å²) < 4.78 is 39.4. The van der Waals surface area contributed by atoms with Crippen molar-refractivity contribution in [3.05, 3.63) is 47.9 Å². The normalized spacial score (nSPS) is 15.9. The predicted molar refractivity (Wildman–Crippen MR) is 136 cm³/mol. The van der Waals surface area contributed by atoms with Crippen molar-refractivity contribution in [1.29, 1.82) is 0 Å². The SMILES string of the molecule is CP(C)(=O)c1ccccc1Nc1nc(Nc2cnn(C3CCN(S(C)(=O)=O)CC3)c2)ncc1Cl. The molecule has 2 N–H and O–H groups in total. The first kappa shape index (κ1) is 24.7. The van der Waals surface area contributed by atoms with Crippen LogP contribution in [0.25, 0.3) is 0 Å². The van der Waals surface area contributed by atoms with Gasteiger partial charge in [0.05, 0.1) is 36.1 Å². The van der Waals surface area contributed by atoms with Gasteiger partial charge in [-0.05, 0) is 38.3 Å². The first-order chi connectivity index (χ1) is 16.0. The Labute approximate surface area is 204 Å². The van der Waals surface area contributed by atoms with Crippen LogP contribution in [0.5, 0.6) is 0 Å². The minimum absolute atomic E-state index is 0.118. The second-order valence-electron chi connectivity index (χ2n) is 8.61. The van der Waals surface area contributed by atoms with E-state index >= 15 is 0 Å². The number of piperidine rings is 1. The number of benzene rings is 1. The van der Waals surface area contributed by atoms with E-state index in [1.165, 1.54) is 16.8 Å². The highest BCUT2D eigenvalue weighted by Gasteiger charge is 2.26. The van der Waals surface area contributed by atoms with E-state index in [-0.39, 0.29) is 6.04 Å². The van der Waals surface area contributed by atoms with Crippen LogP contribution in [0.2, 0.25) is 5.02 Å². The van der Waals surface area contributed by atoms with Gasteiger partial charge in [0, 0.05) is 24.6 Å². The lowest BCUT2D eigenvalue weighted by atomic mass is 10.1. The van der Waals surface area contributed by atoms with Crippen LogP contribution >= 0.6 is 18.7 Å². The molecule has 1 aliphatic rings. The van der Waals surface area contributed by atoms with Crippen molar-refractivity contribution < 1.29 is 13.0 Å². The van der Waals surface area contributed by atoms with Crippen molar-refractivity contribution in [2.75, 3.05) is 43.3 Å². The van der Waals surface area contributed by atoms with Crippen LogP contribution in [-0.4, -0.2) is 65.1 Å². The first-order valence-corrected chi connectivity index (χ1v) is 15.5. The molecule has 13 heteroatoms. The van der Waals surface area contributed by atoms with Gasteiger partial charge in [0.1, 0.15) is 12.2 Å². The average molecular weight is 524 g/mol. The van der Waals surface area contributed by atoms with Crippen molar-refractivity contribution >= 4 is 57.2 Å². The number of anilines is 4. The molecule has 2 aromatic heterocycles. The quantitative estimate of drug-likeness (QED) is 0.450. The maximum Gasteiger partial charge on any atom is 0.229 e. The minimum Gasteiger partial charge on any atom is -0.338 e. The molecule has 1 saturated heterocycles. The number of sulfonamides is 1. The third-order valence-corrected chi connectivity index (χ3v) is 8.74. The molecule has 0 radical (unpaired) electrons. The number of hydrogen-bond acceptors (Lipinski definition) is 8. The predicted octanol–water partition coefficient (Wildman–Crippen LogP) is 3.66. The van der Waals surface area contributed by atoms with Crippen molar-refractivity contribution in [2.24, 2.45) is 0 Å². The van der Waals surface area contributed by atoms with Crippen molar-refractivity contribution in [2.45, 2.75) is 18.9 Å². The van der Waals surface area contributed by atoms with Gasteiger partial charge in [-0.15, -0.1) is 0 Å². The van der Waals surface area contributed by atoms with Crippen LogP contribution in [0.1, 0.15) is 18.9 Å². The number of aromatic nitrogens is 4. The smallest absolute Gasteiger partial charge is 0.229 e. The zero-order valence-corrected chi connectivity index (χ0v) is 21.6. The molecule has 0 bridgehead atoms. The molecular weight excluding hydrogens is 497 g/mol. The average Bonchev–Trinajstić information content (AvgIpc) is 3.24. The van der Waals surface area contributed by atoms with Gasteiger partial charge in [0.25, 0.3) is 0 Å². The van der Waals surface area contributed by atoms with Gasteiger partial charge in [-0.2, -0.15) is 10.1 Å². The molecule has 10 nitrogen and oxygen atoms in total. The van der Waals surface area contributed by atoms with Crippen LogP contribution < -0.4 is 15.9 Å². The topological polar surface area (TPSA) is 122 Å². The molecule has 1 fully saturated rings. The molecule has 182 valence electrons. The molecule has 0 atom stereocenters. The van der Waals surface area contributed by atoms with Gasteiger partial charge in [-0.25, -0.2) is 17.7 Å². The second kappa shape index (κ2) is 9.65. The van der Waals surface area contributed by atoms with Gasteiger partial charge >= 0.3 is 0 Å². The molecule has 34 heavy (non-hydrogen) atoms. The maximum absolute atomic E-state index is 12.7. The van der Waals surface area contributed by atoms with Crippen LogP contribution in [0, 0.1) is 0 Å². The molecule has 3 aromatic rings.